The molecule has 3 aromatic heterocycles. The zero-order chi connectivity index (χ0) is 24.4. The van der Waals surface area contributed by atoms with Gasteiger partial charge in [0.1, 0.15) is 42.3 Å². The Kier molecular flexibility index (Phi) is 5.09. The van der Waals surface area contributed by atoms with Gasteiger partial charge in [0.05, 0.1) is 13.1 Å². The monoisotopic (exact) mass is 497 g/mol. The fraction of sp³-hybridized carbons (Fsp3) is 0.478. The Hall–Kier alpha value is -3.09. The van der Waals surface area contributed by atoms with Crippen LogP contribution in [0.3, 0.4) is 0 Å². The van der Waals surface area contributed by atoms with Gasteiger partial charge in [-0.1, -0.05) is 26.3 Å². The molecule has 5 heterocycles. The number of hydrogen-bond donors (Lipinski definition) is 1. The Bertz CT molecular complexity index is 1610. The van der Waals surface area contributed by atoms with Gasteiger partial charge in [0.2, 0.25) is 0 Å². The van der Waals surface area contributed by atoms with Crippen molar-refractivity contribution in [2.24, 2.45) is 0 Å². The van der Waals surface area contributed by atoms with Crippen LogP contribution in [-0.4, -0.2) is 79.2 Å². The molecule has 0 aliphatic carbocycles. The highest BCUT2D eigenvalue weighted by molar-refractivity contribution is 7.86. The number of nitrogens with one attached hydrogen (secondary N) is 1. The fourth-order valence-corrected chi connectivity index (χ4v) is 7.43. The standard InChI is InChI=1S/C23H29N8O3S/c1-3-5-16-6-7-17(35(33,34)31-11-9-28(15-31)10-12-31)13-18(16)20-25-19-21(26-20)29(8-4-2)23(32)30-14-24-27-22(19)30/h6-7,13-14H,3-5,8-12,15H2,1-2H3,(H,25,26)/q+1. The quantitative estimate of drug-likeness (QED) is 0.385. The van der Waals surface area contributed by atoms with Crippen LogP contribution in [-0.2, 0) is 23.0 Å². The van der Waals surface area contributed by atoms with Crippen molar-refractivity contribution in [1.29, 1.82) is 0 Å². The molecule has 11 nitrogen and oxygen atoms in total. The van der Waals surface area contributed by atoms with Crippen LogP contribution in [0.2, 0.25) is 0 Å². The second-order valence-corrected chi connectivity index (χ2v) is 11.7. The van der Waals surface area contributed by atoms with E-state index in [1.807, 2.05) is 13.0 Å². The van der Waals surface area contributed by atoms with Crippen molar-refractivity contribution >= 4 is 26.8 Å². The summed E-state index contributed by atoms with van der Waals surface area (Å²) in [6, 6.07) is 5.41. The van der Waals surface area contributed by atoms with E-state index in [9.17, 15) is 13.2 Å². The van der Waals surface area contributed by atoms with Crippen LogP contribution in [0.1, 0.15) is 32.3 Å². The number of H-pyrrole nitrogens is 1. The molecule has 0 radical (unpaired) electrons. The molecule has 1 aromatic carbocycles. The summed E-state index contributed by atoms with van der Waals surface area (Å²) in [6.07, 6.45) is 3.85. The molecule has 0 atom stereocenters. The average Bonchev–Trinajstić information content (AvgIpc) is 3.65. The third kappa shape index (κ3) is 3.20. The third-order valence-electron chi connectivity index (χ3n) is 7.36. The van der Waals surface area contributed by atoms with Gasteiger partial charge in [0.25, 0.3) is 0 Å². The molecule has 2 aliphatic rings. The van der Waals surface area contributed by atoms with Crippen LogP contribution in [0.4, 0.5) is 0 Å². The van der Waals surface area contributed by atoms with E-state index >= 15 is 0 Å². The van der Waals surface area contributed by atoms with Crippen LogP contribution in [0.25, 0.3) is 28.2 Å². The first kappa shape index (κ1) is 22.4. The largest absolute Gasteiger partial charge is 0.336 e. The van der Waals surface area contributed by atoms with E-state index in [0.29, 0.717) is 53.8 Å². The highest BCUT2D eigenvalue weighted by atomic mass is 32.2. The van der Waals surface area contributed by atoms with Crippen LogP contribution in [0.15, 0.2) is 34.2 Å². The maximum atomic E-state index is 13.8. The van der Waals surface area contributed by atoms with Crippen molar-refractivity contribution in [1.82, 2.24) is 34.0 Å². The van der Waals surface area contributed by atoms with Crippen molar-refractivity contribution in [2.75, 3.05) is 32.8 Å². The molecule has 184 valence electrons. The second-order valence-electron chi connectivity index (χ2n) is 9.55. The lowest BCUT2D eigenvalue weighted by Gasteiger charge is -2.28. The zero-order valence-electron chi connectivity index (χ0n) is 19.9. The Morgan fingerprint density at radius 2 is 1.91 bits per heavy atom. The van der Waals surface area contributed by atoms with Gasteiger partial charge < -0.3 is 4.98 Å². The topological polar surface area (TPSA) is 118 Å². The highest BCUT2D eigenvalue weighted by Crippen LogP contribution is 2.35. The lowest BCUT2D eigenvalue weighted by molar-refractivity contribution is -0.782. The maximum absolute atomic E-state index is 13.8. The summed E-state index contributed by atoms with van der Waals surface area (Å²) in [5.74, 6) is 0.533. The predicted octanol–water partition coefficient (Wildman–Crippen LogP) is 1.59. The van der Waals surface area contributed by atoms with E-state index < -0.39 is 10.0 Å². The smallest absolute Gasteiger partial charge is 0.333 e. The summed E-state index contributed by atoms with van der Waals surface area (Å²) in [5.41, 5.74) is 3.02. The van der Waals surface area contributed by atoms with E-state index in [1.165, 1.54) is 10.7 Å². The SMILES string of the molecule is CCCc1ccc(S(=O)(=O)[N+]23CCN(CC2)C3)cc1-c1nc2c([nH]1)c1nncn1c(=O)n2CCC. The van der Waals surface area contributed by atoms with Gasteiger partial charge in [-0.15, -0.1) is 10.2 Å². The van der Waals surface area contributed by atoms with E-state index in [4.69, 9.17) is 4.98 Å². The molecule has 2 bridgehead atoms. The van der Waals surface area contributed by atoms with Crippen LogP contribution in [0, 0.1) is 0 Å². The molecule has 2 aliphatic heterocycles. The molecule has 2 saturated heterocycles. The number of aromatic nitrogens is 6. The summed E-state index contributed by atoms with van der Waals surface area (Å²) >= 11 is 0. The summed E-state index contributed by atoms with van der Waals surface area (Å²) in [6.45, 7) is 8.00. The lowest BCUT2D eigenvalue weighted by Crippen LogP contribution is -2.50. The van der Waals surface area contributed by atoms with E-state index in [-0.39, 0.29) is 9.58 Å². The fourth-order valence-electron chi connectivity index (χ4n) is 5.52. The minimum absolute atomic E-state index is 0.0934. The number of sulfonamides is 1. The molecule has 4 aromatic rings. The number of rotatable bonds is 7. The minimum atomic E-state index is -3.58. The highest BCUT2D eigenvalue weighted by Gasteiger charge is 2.53. The molecule has 1 N–H and O–H groups in total. The molecule has 0 saturated carbocycles. The van der Waals surface area contributed by atoms with Crippen molar-refractivity contribution in [3.05, 3.63) is 40.6 Å². The first-order chi connectivity index (χ1) is 16.9. The van der Waals surface area contributed by atoms with Crippen LogP contribution in [0.5, 0.6) is 0 Å². The normalized spacial score (nSPS) is 22.1. The summed E-state index contributed by atoms with van der Waals surface area (Å²) < 4.78 is 30.7. The van der Waals surface area contributed by atoms with Gasteiger partial charge in [-0.25, -0.2) is 19.1 Å². The number of hydrogen-bond acceptors (Lipinski definition) is 7. The van der Waals surface area contributed by atoms with Gasteiger partial charge in [-0.05, 0) is 30.5 Å². The van der Waals surface area contributed by atoms with E-state index in [2.05, 4.69) is 27.0 Å². The molecule has 12 heteroatoms. The maximum Gasteiger partial charge on any atom is 0.336 e. The third-order valence-corrected chi connectivity index (χ3v) is 9.71. The number of aryl methyl sites for hydroxylation is 2. The van der Waals surface area contributed by atoms with Crippen molar-refractivity contribution in [3.8, 4) is 11.4 Å². The molecule has 0 unspecified atom stereocenters. The second kappa shape index (κ2) is 7.97. The average molecular weight is 498 g/mol. The minimum Gasteiger partial charge on any atom is -0.333 e. The van der Waals surface area contributed by atoms with Crippen molar-refractivity contribution in [3.63, 3.8) is 0 Å². The molecule has 0 spiro atoms. The van der Waals surface area contributed by atoms with E-state index in [1.54, 1.807) is 16.7 Å². The molecule has 6 rings (SSSR count). The molecule has 2 fully saturated rings. The number of piperazine rings is 1. The van der Waals surface area contributed by atoms with E-state index in [0.717, 1.165) is 43.5 Å². The number of imidazole rings is 1. The Balaban J connectivity index is 1.56. The van der Waals surface area contributed by atoms with Gasteiger partial charge in [-0.3, -0.25) is 4.57 Å². The number of nitrogens with zero attached hydrogens (tertiary/aromatic N) is 7. The molecular weight excluding hydrogens is 468 g/mol. The van der Waals surface area contributed by atoms with Gasteiger partial charge >= 0.3 is 15.7 Å². The Morgan fingerprint density at radius 3 is 2.60 bits per heavy atom. The summed E-state index contributed by atoms with van der Waals surface area (Å²) in [5, 5.41) is 8.05. The predicted molar refractivity (Wildman–Crippen MR) is 130 cm³/mol. The Morgan fingerprint density at radius 1 is 1.11 bits per heavy atom. The first-order valence-corrected chi connectivity index (χ1v) is 13.6. The molecule has 35 heavy (non-hydrogen) atoms. The van der Waals surface area contributed by atoms with Crippen molar-refractivity contribution in [2.45, 2.75) is 44.6 Å². The summed E-state index contributed by atoms with van der Waals surface area (Å²) in [4.78, 5) is 23.7. The number of quaternary nitrogens is 1. The number of fused-ring (bicyclic) bond motifs is 5. The molecule has 0 amide bonds. The Labute approximate surface area is 202 Å². The summed E-state index contributed by atoms with van der Waals surface area (Å²) in [7, 11) is -3.58. The molecular formula is C23H29N8O3S+. The number of aromatic amines is 1. The number of benzene rings is 1. The van der Waals surface area contributed by atoms with Crippen LogP contribution >= 0.6 is 0 Å². The van der Waals surface area contributed by atoms with Gasteiger partial charge in [0, 0.05) is 12.1 Å². The van der Waals surface area contributed by atoms with Crippen LogP contribution < -0.4 is 5.69 Å². The first-order valence-electron chi connectivity index (χ1n) is 12.2. The van der Waals surface area contributed by atoms with Gasteiger partial charge in [0.15, 0.2) is 11.3 Å². The lowest BCUT2D eigenvalue weighted by atomic mass is 10.0. The van der Waals surface area contributed by atoms with Crippen molar-refractivity contribution < 1.29 is 12.3 Å². The van der Waals surface area contributed by atoms with Gasteiger partial charge in [-0.2, -0.15) is 12.3 Å². The zero-order valence-corrected chi connectivity index (χ0v) is 20.8.